The number of aromatic hydroxyl groups is 1. The van der Waals surface area contributed by atoms with E-state index in [4.69, 9.17) is 4.74 Å². The Kier molecular flexibility index (Phi) is 4.82. The SMILES string of the molecule is CCN(C(=O)OCc1ccccc1)c1cc(O)ccc1C. The molecule has 1 amide bonds. The number of carbonyl (C=O) groups is 1. The lowest BCUT2D eigenvalue weighted by Gasteiger charge is -2.22. The Hall–Kier alpha value is -2.49. The van der Waals surface area contributed by atoms with Gasteiger partial charge in [0.15, 0.2) is 0 Å². The van der Waals surface area contributed by atoms with Gasteiger partial charge in [-0.1, -0.05) is 36.4 Å². The third kappa shape index (κ3) is 3.75. The van der Waals surface area contributed by atoms with Crippen LogP contribution in [0.4, 0.5) is 10.5 Å². The predicted octanol–water partition coefficient (Wildman–Crippen LogP) is 3.86. The Morgan fingerprint density at radius 1 is 1.19 bits per heavy atom. The van der Waals surface area contributed by atoms with Crippen LogP contribution in [0.1, 0.15) is 18.1 Å². The van der Waals surface area contributed by atoms with Crippen molar-refractivity contribution in [2.24, 2.45) is 0 Å². The molecule has 4 heteroatoms. The van der Waals surface area contributed by atoms with E-state index in [-0.39, 0.29) is 12.4 Å². The van der Waals surface area contributed by atoms with Crippen molar-refractivity contribution in [3.8, 4) is 5.75 Å². The van der Waals surface area contributed by atoms with Gasteiger partial charge < -0.3 is 9.84 Å². The zero-order chi connectivity index (χ0) is 15.2. The Balaban J connectivity index is 2.10. The fourth-order valence-corrected chi connectivity index (χ4v) is 2.08. The summed E-state index contributed by atoms with van der Waals surface area (Å²) in [5.41, 5.74) is 2.51. The lowest BCUT2D eigenvalue weighted by molar-refractivity contribution is 0.147. The summed E-state index contributed by atoms with van der Waals surface area (Å²) < 4.78 is 5.34. The summed E-state index contributed by atoms with van der Waals surface area (Å²) in [5.74, 6) is 0.130. The maximum atomic E-state index is 12.2. The highest BCUT2D eigenvalue weighted by Crippen LogP contribution is 2.25. The van der Waals surface area contributed by atoms with Crippen LogP contribution in [0.15, 0.2) is 48.5 Å². The monoisotopic (exact) mass is 285 g/mol. The molecule has 0 unspecified atom stereocenters. The van der Waals surface area contributed by atoms with Crippen LogP contribution in [-0.4, -0.2) is 17.7 Å². The van der Waals surface area contributed by atoms with Gasteiger partial charge in [0.1, 0.15) is 12.4 Å². The highest BCUT2D eigenvalue weighted by atomic mass is 16.6. The normalized spacial score (nSPS) is 10.2. The summed E-state index contributed by atoms with van der Waals surface area (Å²) in [6.07, 6.45) is -0.421. The largest absolute Gasteiger partial charge is 0.508 e. The average molecular weight is 285 g/mol. The molecule has 0 bridgehead atoms. The molecule has 0 saturated carbocycles. The molecule has 0 heterocycles. The molecule has 2 rings (SSSR count). The van der Waals surface area contributed by atoms with E-state index in [9.17, 15) is 9.90 Å². The first-order valence-corrected chi connectivity index (χ1v) is 6.89. The number of nitrogens with zero attached hydrogens (tertiary/aromatic N) is 1. The number of amides is 1. The zero-order valence-electron chi connectivity index (χ0n) is 12.2. The summed E-state index contributed by atoms with van der Waals surface area (Å²) in [4.78, 5) is 13.7. The molecular formula is C17H19NO3. The molecule has 2 aromatic rings. The second kappa shape index (κ2) is 6.79. The highest BCUT2D eigenvalue weighted by molar-refractivity contribution is 5.88. The third-order valence-electron chi connectivity index (χ3n) is 3.23. The van der Waals surface area contributed by atoms with E-state index in [2.05, 4.69) is 0 Å². The number of phenolic OH excluding ortho intramolecular Hbond substituents is 1. The fraction of sp³-hybridized carbons (Fsp3) is 0.235. The van der Waals surface area contributed by atoms with Crippen molar-refractivity contribution in [3.63, 3.8) is 0 Å². The fourth-order valence-electron chi connectivity index (χ4n) is 2.08. The summed E-state index contributed by atoms with van der Waals surface area (Å²) in [6, 6.07) is 14.5. The molecule has 0 spiro atoms. The van der Waals surface area contributed by atoms with Gasteiger partial charge in [0.2, 0.25) is 0 Å². The van der Waals surface area contributed by atoms with Crippen molar-refractivity contribution in [2.45, 2.75) is 20.5 Å². The second-order valence-electron chi connectivity index (χ2n) is 4.76. The van der Waals surface area contributed by atoms with Gasteiger partial charge >= 0.3 is 6.09 Å². The first-order chi connectivity index (χ1) is 10.1. The standard InChI is InChI=1S/C17H19NO3/c1-3-18(16-11-15(19)10-9-13(16)2)17(20)21-12-14-7-5-4-6-8-14/h4-11,19H,3,12H2,1-2H3. The van der Waals surface area contributed by atoms with E-state index in [1.165, 1.54) is 4.90 Å². The Labute approximate surface area is 124 Å². The Bertz CT molecular complexity index is 611. The van der Waals surface area contributed by atoms with Gasteiger partial charge in [0.25, 0.3) is 0 Å². The molecule has 0 atom stereocenters. The van der Waals surface area contributed by atoms with Gasteiger partial charge in [0, 0.05) is 12.6 Å². The molecule has 21 heavy (non-hydrogen) atoms. The first kappa shape index (κ1) is 14.9. The van der Waals surface area contributed by atoms with Crippen molar-refractivity contribution in [2.75, 3.05) is 11.4 Å². The molecule has 0 aliphatic heterocycles. The summed E-state index contributed by atoms with van der Waals surface area (Å²) >= 11 is 0. The first-order valence-electron chi connectivity index (χ1n) is 6.89. The lowest BCUT2D eigenvalue weighted by atomic mass is 10.2. The number of ether oxygens (including phenoxy) is 1. The number of phenols is 1. The molecule has 0 radical (unpaired) electrons. The Morgan fingerprint density at radius 3 is 2.57 bits per heavy atom. The van der Waals surface area contributed by atoms with E-state index in [1.807, 2.05) is 44.2 Å². The van der Waals surface area contributed by atoms with Crippen LogP contribution in [0.2, 0.25) is 0 Å². The molecule has 0 aliphatic carbocycles. The number of benzene rings is 2. The summed E-state index contributed by atoms with van der Waals surface area (Å²) in [7, 11) is 0. The van der Waals surface area contributed by atoms with Crippen molar-refractivity contribution >= 4 is 11.8 Å². The van der Waals surface area contributed by atoms with Crippen LogP contribution in [-0.2, 0) is 11.3 Å². The van der Waals surface area contributed by atoms with Crippen LogP contribution >= 0.6 is 0 Å². The van der Waals surface area contributed by atoms with Gasteiger partial charge in [-0.2, -0.15) is 0 Å². The van der Waals surface area contributed by atoms with Crippen LogP contribution in [0, 0.1) is 6.92 Å². The lowest BCUT2D eigenvalue weighted by Crippen LogP contribution is -2.31. The van der Waals surface area contributed by atoms with Crippen molar-refractivity contribution < 1.29 is 14.6 Å². The minimum Gasteiger partial charge on any atom is -0.508 e. The number of rotatable bonds is 4. The van der Waals surface area contributed by atoms with Gasteiger partial charge in [0.05, 0.1) is 5.69 Å². The number of hydrogen-bond acceptors (Lipinski definition) is 3. The van der Waals surface area contributed by atoms with Crippen molar-refractivity contribution in [1.29, 1.82) is 0 Å². The smallest absolute Gasteiger partial charge is 0.414 e. The number of aryl methyl sites for hydroxylation is 1. The third-order valence-corrected chi connectivity index (χ3v) is 3.23. The maximum absolute atomic E-state index is 12.2. The maximum Gasteiger partial charge on any atom is 0.414 e. The molecule has 110 valence electrons. The van der Waals surface area contributed by atoms with Crippen molar-refractivity contribution in [3.05, 3.63) is 59.7 Å². The molecule has 0 aromatic heterocycles. The summed E-state index contributed by atoms with van der Waals surface area (Å²) in [6.45, 7) is 4.46. The van der Waals surface area contributed by atoms with E-state index >= 15 is 0 Å². The molecule has 2 aromatic carbocycles. The Morgan fingerprint density at radius 2 is 1.90 bits per heavy atom. The number of hydrogen-bond donors (Lipinski definition) is 1. The average Bonchev–Trinajstić information content (AvgIpc) is 2.50. The molecule has 0 fully saturated rings. The van der Waals surface area contributed by atoms with Gasteiger partial charge in [-0.05, 0) is 31.0 Å². The molecule has 0 aliphatic rings. The molecule has 0 saturated heterocycles. The molecule has 4 nitrogen and oxygen atoms in total. The van der Waals surface area contributed by atoms with E-state index < -0.39 is 6.09 Å². The second-order valence-corrected chi connectivity index (χ2v) is 4.76. The zero-order valence-corrected chi connectivity index (χ0v) is 12.2. The van der Waals surface area contributed by atoms with E-state index in [1.54, 1.807) is 18.2 Å². The van der Waals surface area contributed by atoms with Crippen LogP contribution in [0.3, 0.4) is 0 Å². The minimum atomic E-state index is -0.421. The highest BCUT2D eigenvalue weighted by Gasteiger charge is 2.17. The van der Waals surface area contributed by atoms with Crippen LogP contribution in [0.5, 0.6) is 5.75 Å². The number of anilines is 1. The molecule has 1 N–H and O–H groups in total. The van der Waals surface area contributed by atoms with Crippen molar-refractivity contribution in [1.82, 2.24) is 0 Å². The topological polar surface area (TPSA) is 49.8 Å². The van der Waals surface area contributed by atoms with E-state index in [0.717, 1.165) is 11.1 Å². The van der Waals surface area contributed by atoms with Crippen LogP contribution < -0.4 is 4.90 Å². The van der Waals surface area contributed by atoms with Gasteiger partial charge in [-0.15, -0.1) is 0 Å². The van der Waals surface area contributed by atoms with Gasteiger partial charge in [-0.25, -0.2) is 4.79 Å². The van der Waals surface area contributed by atoms with Gasteiger partial charge in [-0.3, -0.25) is 4.90 Å². The minimum absolute atomic E-state index is 0.130. The van der Waals surface area contributed by atoms with E-state index in [0.29, 0.717) is 12.2 Å². The molecular weight excluding hydrogens is 266 g/mol. The quantitative estimate of drug-likeness (QED) is 0.928. The predicted molar refractivity (Wildman–Crippen MR) is 82.5 cm³/mol. The number of carbonyl (C=O) groups excluding carboxylic acids is 1. The van der Waals surface area contributed by atoms with Crippen LogP contribution in [0.25, 0.3) is 0 Å². The summed E-state index contributed by atoms with van der Waals surface area (Å²) in [5, 5.41) is 9.59.